The average Bonchev–Trinajstić information content (AvgIpc) is 1.72. The monoisotopic (exact) mass is 199 g/mol. The summed E-state index contributed by atoms with van der Waals surface area (Å²) in [6.07, 6.45) is 1.31. The van der Waals surface area contributed by atoms with E-state index < -0.39 is 0 Å². The van der Waals surface area contributed by atoms with Gasteiger partial charge in [-0.1, -0.05) is 0 Å². The molecule has 6 heavy (non-hydrogen) atoms. The van der Waals surface area contributed by atoms with Crippen molar-refractivity contribution in [1.29, 1.82) is 0 Å². The molecule has 1 saturated heterocycles. The first-order valence-electron chi connectivity index (χ1n) is 2.09. The van der Waals surface area contributed by atoms with Crippen molar-refractivity contribution in [3.05, 3.63) is 0 Å². The maximum atomic E-state index is 3.28. The fourth-order valence-electron chi connectivity index (χ4n) is 0.364. The van der Waals surface area contributed by atoms with Crippen molar-refractivity contribution in [3.63, 3.8) is 0 Å². The van der Waals surface area contributed by atoms with Crippen molar-refractivity contribution in [2.75, 3.05) is 13.1 Å². The molecule has 0 aromatic carbocycles. The molecule has 1 heterocycles. The molecule has 0 amide bonds. The van der Waals surface area contributed by atoms with Crippen molar-refractivity contribution < 1.29 is 21.8 Å². The van der Waals surface area contributed by atoms with E-state index in [1.165, 1.54) is 19.5 Å². The van der Waals surface area contributed by atoms with Crippen molar-refractivity contribution in [1.82, 2.24) is 7.06 Å². The minimum atomic E-state index is 0.215. The van der Waals surface area contributed by atoms with Crippen LogP contribution in [0.1, 0.15) is 6.42 Å². The summed E-state index contributed by atoms with van der Waals surface area (Å²) in [5.74, 6) is 0. The first-order valence-corrected chi connectivity index (χ1v) is 4.24. The van der Waals surface area contributed by atoms with Crippen LogP contribution in [-0.4, -0.2) is 13.1 Å². The van der Waals surface area contributed by atoms with Gasteiger partial charge >= 0.3 is 48.3 Å². The summed E-state index contributed by atoms with van der Waals surface area (Å²) < 4.78 is 6.57. The Balaban J connectivity index is 2.00. The van der Waals surface area contributed by atoms with Crippen LogP contribution in [0.3, 0.4) is 0 Å². The van der Waals surface area contributed by atoms with Gasteiger partial charge in [0.25, 0.3) is 0 Å². The van der Waals surface area contributed by atoms with E-state index in [1.54, 1.807) is 0 Å². The van der Waals surface area contributed by atoms with Gasteiger partial charge < -0.3 is 0 Å². The first kappa shape index (κ1) is 4.80. The van der Waals surface area contributed by atoms with Crippen LogP contribution >= 0.6 is 0 Å². The van der Waals surface area contributed by atoms with Gasteiger partial charge in [0.2, 0.25) is 0 Å². The van der Waals surface area contributed by atoms with E-state index in [-0.39, 0.29) is 21.8 Å². The summed E-state index contributed by atoms with van der Waals surface area (Å²) in [5, 5.41) is 0. The van der Waals surface area contributed by atoms with E-state index in [2.05, 4.69) is 7.06 Å². The van der Waals surface area contributed by atoms with E-state index in [0.29, 0.717) is 0 Å². The Kier molecular flexibility index (Phi) is 2.21. The fraction of sp³-hybridized carbons (Fsp3) is 1.00. The Morgan fingerprint density at radius 1 is 1.17 bits per heavy atom. The normalized spacial score (nSPS) is 25.3. The molecule has 0 aliphatic carbocycles. The molecule has 1 rings (SSSR count). The number of rotatable bonds is 0. The predicted octanol–water partition coefficient (Wildman–Crippen LogP) is -3.51. The molecule has 0 spiro atoms. The maximum absolute atomic E-state index is 3.28. The second kappa shape index (κ2) is 2.76. The third-order valence-electron chi connectivity index (χ3n) is 0.676. The van der Waals surface area contributed by atoms with Crippen LogP contribution in [-0.2, 0) is 0 Å². The van der Waals surface area contributed by atoms with E-state index in [9.17, 15) is 0 Å². The van der Waals surface area contributed by atoms with Crippen molar-refractivity contribution in [2.45, 2.75) is 6.42 Å². The standard InChI is InChI=1S/C3H8IN2/c1-2-5-4-6-3-1/h5-6H,1-3H2/q-1. The Bertz CT molecular complexity index is 24.3. The van der Waals surface area contributed by atoms with Crippen LogP contribution in [0.4, 0.5) is 0 Å². The predicted molar refractivity (Wildman–Crippen MR) is 20.6 cm³/mol. The summed E-state index contributed by atoms with van der Waals surface area (Å²) in [6.45, 7) is 2.47. The number of hydrogen-bond donors (Lipinski definition) is 2. The van der Waals surface area contributed by atoms with E-state index in [0.717, 1.165) is 0 Å². The molecule has 2 nitrogen and oxygen atoms in total. The molecule has 0 aromatic heterocycles. The van der Waals surface area contributed by atoms with Gasteiger partial charge in [0.15, 0.2) is 0 Å². The number of hydrogen-bond acceptors (Lipinski definition) is 2. The Labute approximate surface area is 48.7 Å². The van der Waals surface area contributed by atoms with Gasteiger partial charge in [-0.2, -0.15) is 0 Å². The molecule has 38 valence electrons. The SMILES string of the molecule is C1CN[I-]NC1. The minimum absolute atomic E-state index is 0.215. The molecule has 0 atom stereocenters. The van der Waals surface area contributed by atoms with Crippen molar-refractivity contribution >= 4 is 0 Å². The topological polar surface area (TPSA) is 24.1 Å². The van der Waals surface area contributed by atoms with Gasteiger partial charge in [-0.15, -0.1) is 0 Å². The molecule has 0 saturated carbocycles. The molecular formula is C3H8IN2-. The van der Waals surface area contributed by atoms with Crippen LogP contribution in [0.15, 0.2) is 0 Å². The van der Waals surface area contributed by atoms with Crippen LogP contribution in [0.25, 0.3) is 0 Å². The molecular weight excluding hydrogens is 191 g/mol. The fourth-order valence-corrected chi connectivity index (χ4v) is 1.94. The van der Waals surface area contributed by atoms with E-state index in [1.807, 2.05) is 0 Å². The third kappa shape index (κ3) is 1.40. The Morgan fingerprint density at radius 3 is 2.00 bits per heavy atom. The van der Waals surface area contributed by atoms with E-state index in [4.69, 9.17) is 0 Å². The average molecular weight is 199 g/mol. The van der Waals surface area contributed by atoms with Gasteiger partial charge in [-0.05, 0) is 0 Å². The second-order valence-corrected chi connectivity index (χ2v) is 3.28. The third-order valence-corrected chi connectivity index (χ3v) is 2.52. The zero-order valence-electron chi connectivity index (χ0n) is 3.50. The first-order chi connectivity index (χ1) is 3.00. The molecule has 0 radical (unpaired) electrons. The quantitative estimate of drug-likeness (QED) is 0.312. The zero-order valence-corrected chi connectivity index (χ0v) is 5.66. The van der Waals surface area contributed by atoms with Crippen LogP contribution in [0.5, 0.6) is 0 Å². The number of nitrogens with one attached hydrogen (secondary N) is 2. The molecule has 0 unspecified atom stereocenters. The van der Waals surface area contributed by atoms with Gasteiger partial charge in [0.1, 0.15) is 0 Å². The van der Waals surface area contributed by atoms with Crippen molar-refractivity contribution in [3.8, 4) is 0 Å². The Hall–Kier alpha value is 0.650. The molecule has 2 N–H and O–H groups in total. The van der Waals surface area contributed by atoms with Gasteiger partial charge in [-0.25, -0.2) is 0 Å². The van der Waals surface area contributed by atoms with Gasteiger partial charge in [-0.3, -0.25) is 0 Å². The molecule has 1 aliphatic rings. The van der Waals surface area contributed by atoms with Crippen molar-refractivity contribution in [2.24, 2.45) is 0 Å². The van der Waals surface area contributed by atoms with Crippen LogP contribution in [0, 0.1) is 0 Å². The van der Waals surface area contributed by atoms with Crippen LogP contribution in [0.2, 0.25) is 0 Å². The molecule has 1 aliphatic heterocycles. The summed E-state index contributed by atoms with van der Waals surface area (Å²) in [5.41, 5.74) is 0. The van der Waals surface area contributed by atoms with Crippen LogP contribution < -0.4 is 28.8 Å². The molecule has 1 fully saturated rings. The van der Waals surface area contributed by atoms with E-state index >= 15 is 0 Å². The summed E-state index contributed by atoms with van der Waals surface area (Å²) in [4.78, 5) is 0. The number of halogens is 1. The summed E-state index contributed by atoms with van der Waals surface area (Å²) >= 11 is 0.215. The molecule has 3 heteroatoms. The molecule has 0 bridgehead atoms. The second-order valence-electron chi connectivity index (χ2n) is 1.22. The zero-order chi connectivity index (χ0) is 4.24. The Morgan fingerprint density at radius 2 is 1.83 bits per heavy atom. The van der Waals surface area contributed by atoms with Gasteiger partial charge in [0.05, 0.1) is 0 Å². The van der Waals surface area contributed by atoms with Gasteiger partial charge in [0, 0.05) is 0 Å². The summed E-state index contributed by atoms with van der Waals surface area (Å²) in [6, 6.07) is 0. The summed E-state index contributed by atoms with van der Waals surface area (Å²) in [7, 11) is 0. The molecule has 0 aromatic rings.